The van der Waals surface area contributed by atoms with Gasteiger partial charge in [-0.15, -0.1) is 5.10 Å². The summed E-state index contributed by atoms with van der Waals surface area (Å²) in [7, 11) is 3.90. The summed E-state index contributed by atoms with van der Waals surface area (Å²) in [4.78, 5) is 25.6. The Balaban J connectivity index is 1.37. The molecule has 1 aromatic heterocycles. The summed E-state index contributed by atoms with van der Waals surface area (Å²) in [6.07, 6.45) is 6.14. The van der Waals surface area contributed by atoms with Gasteiger partial charge in [0.05, 0.1) is 17.1 Å². The Morgan fingerprint density at radius 1 is 0.889 bits per heavy atom. The van der Waals surface area contributed by atoms with E-state index in [1.54, 1.807) is 4.68 Å². The normalized spacial score (nSPS) is 15.6. The third-order valence-corrected chi connectivity index (χ3v) is 8.80. The molecule has 0 bridgehead atoms. The molecule has 1 unspecified atom stereocenters. The molecule has 2 amide bonds. The predicted octanol–water partition coefficient (Wildman–Crippen LogP) is 4.42. The van der Waals surface area contributed by atoms with Gasteiger partial charge >= 0.3 is 0 Å². The summed E-state index contributed by atoms with van der Waals surface area (Å²) >= 11 is 0. The van der Waals surface area contributed by atoms with Crippen molar-refractivity contribution in [1.29, 1.82) is 0 Å². The van der Waals surface area contributed by atoms with E-state index in [0.717, 1.165) is 67.6 Å². The van der Waals surface area contributed by atoms with E-state index in [1.807, 2.05) is 38.4 Å². The number of aromatic nitrogens is 3. The number of aryl methyl sites for hydroxylation is 1. The highest BCUT2D eigenvalue weighted by Gasteiger charge is 2.26. The zero-order valence-electron chi connectivity index (χ0n) is 27.8. The molecule has 1 heterocycles. The number of nitrogens with zero attached hydrogens (tertiary/aromatic N) is 3. The Hall–Kier alpha value is -3.60. The van der Waals surface area contributed by atoms with E-state index in [0.29, 0.717) is 18.7 Å². The summed E-state index contributed by atoms with van der Waals surface area (Å²) in [5, 5.41) is 21.6. The molecule has 10 heteroatoms. The van der Waals surface area contributed by atoms with Crippen molar-refractivity contribution < 1.29 is 14.3 Å². The third-order valence-electron chi connectivity index (χ3n) is 8.80. The molecule has 1 aliphatic carbocycles. The van der Waals surface area contributed by atoms with Crippen LogP contribution < -0.4 is 21.3 Å². The average Bonchev–Trinajstić information content (AvgIpc) is 3.43. The lowest BCUT2D eigenvalue weighted by Gasteiger charge is -2.24. The van der Waals surface area contributed by atoms with Gasteiger partial charge in [-0.1, -0.05) is 42.3 Å². The molecule has 2 aromatic carbocycles. The van der Waals surface area contributed by atoms with E-state index >= 15 is 0 Å². The molecule has 10 nitrogen and oxygen atoms in total. The lowest BCUT2D eigenvalue weighted by atomic mass is 9.95. The van der Waals surface area contributed by atoms with E-state index in [4.69, 9.17) is 4.74 Å². The Bertz CT molecular complexity index is 1400. The highest BCUT2D eigenvalue weighted by atomic mass is 16.5. The van der Waals surface area contributed by atoms with Crippen LogP contribution in [0.4, 0.5) is 0 Å². The maximum atomic E-state index is 12.8. The maximum absolute atomic E-state index is 12.8. The monoisotopic (exact) mass is 617 g/mol. The predicted molar refractivity (Wildman–Crippen MR) is 177 cm³/mol. The van der Waals surface area contributed by atoms with Crippen LogP contribution in [0.25, 0.3) is 5.69 Å². The van der Waals surface area contributed by atoms with Gasteiger partial charge in [-0.05, 0) is 109 Å². The zero-order valence-corrected chi connectivity index (χ0v) is 27.8. The van der Waals surface area contributed by atoms with Crippen molar-refractivity contribution in [2.24, 2.45) is 0 Å². The number of hydrogen-bond donors (Lipinski definition) is 4. The van der Waals surface area contributed by atoms with Crippen LogP contribution in [0, 0.1) is 0 Å². The first kappa shape index (κ1) is 34.3. The van der Waals surface area contributed by atoms with Gasteiger partial charge in [0.2, 0.25) is 5.91 Å². The highest BCUT2D eigenvalue weighted by molar-refractivity contribution is 5.94. The smallest absolute Gasteiger partial charge is 0.251 e. The average molecular weight is 618 g/mol. The first-order valence-electron chi connectivity index (χ1n) is 16.2. The van der Waals surface area contributed by atoms with Gasteiger partial charge in [-0.25, -0.2) is 4.68 Å². The summed E-state index contributed by atoms with van der Waals surface area (Å²) < 4.78 is 8.06. The van der Waals surface area contributed by atoms with Crippen LogP contribution in [0.2, 0.25) is 0 Å². The van der Waals surface area contributed by atoms with Crippen LogP contribution in [0.15, 0.2) is 48.5 Å². The minimum Gasteiger partial charge on any atom is -0.362 e. The minimum atomic E-state index is -0.311. The number of carbonyl (C=O) groups is 2. The second kappa shape index (κ2) is 15.6. The van der Waals surface area contributed by atoms with Gasteiger partial charge in [-0.2, -0.15) is 0 Å². The summed E-state index contributed by atoms with van der Waals surface area (Å²) in [6, 6.07) is 15.7. The standard InChI is InChI=1S/C35H51N7O3/c1-34(2,36-5)20-21-38-33(44)27-16-18-28(19-17-27)42-32-29(40-41-42)10-8-7-9-11-30(32)45-24-31(43)39-23-26-14-12-25(13-15-26)22-35(3,4)37-6/h12-19,30,36-37H,7-11,20-24H2,1-6H3,(H,38,44)(H,39,43). The number of amides is 2. The number of likely N-dealkylation sites (N-methyl/N-ethyl adjacent to an activating group) is 1. The molecule has 244 valence electrons. The number of hydrogen-bond acceptors (Lipinski definition) is 7. The van der Waals surface area contributed by atoms with Crippen molar-refractivity contribution in [3.05, 3.63) is 76.6 Å². The number of carbonyl (C=O) groups excluding carboxylic acids is 2. The molecule has 4 N–H and O–H groups in total. The van der Waals surface area contributed by atoms with Crippen LogP contribution in [0.5, 0.6) is 0 Å². The van der Waals surface area contributed by atoms with Crippen molar-refractivity contribution in [2.45, 2.75) is 96.4 Å². The molecule has 3 aromatic rings. The van der Waals surface area contributed by atoms with E-state index in [-0.39, 0.29) is 35.6 Å². The number of ether oxygens (including phenoxy) is 1. The molecular weight excluding hydrogens is 566 g/mol. The Kier molecular flexibility index (Phi) is 11.9. The van der Waals surface area contributed by atoms with Crippen molar-refractivity contribution in [3.8, 4) is 5.69 Å². The molecule has 1 aliphatic rings. The molecule has 0 saturated heterocycles. The van der Waals surface area contributed by atoms with Crippen LogP contribution >= 0.6 is 0 Å². The summed E-state index contributed by atoms with van der Waals surface area (Å²) in [5.41, 5.74) is 5.45. The SMILES string of the molecule is CNC(C)(C)CCNC(=O)c1ccc(-n2nnc3c2C(OCC(=O)NCc2ccc(CC(C)(C)NC)cc2)CCCCC3)cc1. The van der Waals surface area contributed by atoms with Gasteiger partial charge in [0.15, 0.2) is 0 Å². The molecule has 0 fully saturated rings. The molecule has 4 rings (SSSR count). The lowest BCUT2D eigenvalue weighted by molar-refractivity contribution is -0.128. The Labute approximate surface area is 268 Å². The summed E-state index contributed by atoms with van der Waals surface area (Å²) in [5.74, 6) is -0.269. The maximum Gasteiger partial charge on any atom is 0.251 e. The molecule has 1 atom stereocenters. The van der Waals surface area contributed by atoms with Gasteiger partial charge in [0, 0.05) is 29.7 Å². The summed E-state index contributed by atoms with van der Waals surface area (Å²) in [6.45, 7) is 9.54. The molecule has 0 radical (unpaired) electrons. The number of benzene rings is 2. The van der Waals surface area contributed by atoms with Crippen LogP contribution in [0.3, 0.4) is 0 Å². The number of nitrogens with one attached hydrogen (secondary N) is 4. The third kappa shape index (κ3) is 9.94. The minimum absolute atomic E-state index is 0.0263. The van der Waals surface area contributed by atoms with Crippen LogP contribution in [-0.4, -0.2) is 65.1 Å². The van der Waals surface area contributed by atoms with E-state index in [1.165, 1.54) is 5.56 Å². The van der Waals surface area contributed by atoms with Crippen molar-refractivity contribution >= 4 is 11.8 Å². The zero-order chi connectivity index (χ0) is 32.5. The fourth-order valence-corrected chi connectivity index (χ4v) is 5.38. The molecule has 0 saturated carbocycles. The van der Waals surface area contributed by atoms with E-state index in [2.05, 4.69) is 83.5 Å². The van der Waals surface area contributed by atoms with Crippen molar-refractivity contribution in [1.82, 2.24) is 36.3 Å². The fraction of sp³-hybridized carbons (Fsp3) is 0.543. The Morgan fingerprint density at radius 2 is 1.58 bits per heavy atom. The second-order valence-corrected chi connectivity index (χ2v) is 13.3. The molecule has 0 spiro atoms. The first-order valence-corrected chi connectivity index (χ1v) is 16.2. The van der Waals surface area contributed by atoms with Crippen LogP contribution in [0.1, 0.15) is 98.8 Å². The molecule has 0 aliphatic heterocycles. The van der Waals surface area contributed by atoms with Gasteiger partial charge in [0.25, 0.3) is 5.91 Å². The van der Waals surface area contributed by atoms with Gasteiger partial charge in [-0.3, -0.25) is 9.59 Å². The fourth-order valence-electron chi connectivity index (χ4n) is 5.38. The number of rotatable bonds is 14. The topological polar surface area (TPSA) is 122 Å². The van der Waals surface area contributed by atoms with E-state index in [9.17, 15) is 9.59 Å². The quantitative estimate of drug-likeness (QED) is 0.211. The van der Waals surface area contributed by atoms with E-state index < -0.39 is 0 Å². The highest BCUT2D eigenvalue weighted by Crippen LogP contribution is 2.31. The molecular formula is C35H51N7O3. The molecule has 45 heavy (non-hydrogen) atoms. The number of fused-ring (bicyclic) bond motifs is 1. The van der Waals surface area contributed by atoms with Gasteiger partial charge < -0.3 is 26.0 Å². The first-order chi connectivity index (χ1) is 21.5. The second-order valence-electron chi connectivity index (χ2n) is 13.3. The van der Waals surface area contributed by atoms with Crippen molar-refractivity contribution in [2.75, 3.05) is 27.2 Å². The lowest BCUT2D eigenvalue weighted by Crippen LogP contribution is -2.40. The Morgan fingerprint density at radius 3 is 2.27 bits per heavy atom. The largest absolute Gasteiger partial charge is 0.362 e. The van der Waals surface area contributed by atoms with Gasteiger partial charge in [0.1, 0.15) is 12.7 Å². The van der Waals surface area contributed by atoms with Crippen LogP contribution in [-0.2, 0) is 28.9 Å². The van der Waals surface area contributed by atoms with Crippen molar-refractivity contribution in [3.63, 3.8) is 0 Å².